The van der Waals surface area contributed by atoms with E-state index in [1.807, 2.05) is 18.2 Å². The number of likely N-dealkylation sites (N-methyl/N-ethyl adjacent to an activating group) is 1. The van der Waals surface area contributed by atoms with Crippen LogP contribution in [0.2, 0.25) is 5.02 Å². The summed E-state index contributed by atoms with van der Waals surface area (Å²) >= 11 is 6.28. The molecule has 1 aromatic heterocycles. The van der Waals surface area contributed by atoms with Crippen LogP contribution in [0.4, 0.5) is 33.6 Å². The highest BCUT2D eigenvalue weighted by atomic mass is 35.5. The summed E-state index contributed by atoms with van der Waals surface area (Å²) in [6, 6.07) is 19.2. The Morgan fingerprint density at radius 2 is 1.65 bits per heavy atom. The van der Waals surface area contributed by atoms with E-state index in [1.165, 1.54) is 12.0 Å². The Morgan fingerprint density at radius 1 is 0.884 bits per heavy atom. The van der Waals surface area contributed by atoms with Crippen LogP contribution in [0.25, 0.3) is 0 Å². The van der Waals surface area contributed by atoms with Crippen LogP contribution in [0.3, 0.4) is 0 Å². The molecular formula is C31H33ClN6O5. The van der Waals surface area contributed by atoms with Crippen LogP contribution >= 0.6 is 11.6 Å². The minimum atomic E-state index is -0.751. The zero-order valence-electron chi connectivity index (χ0n) is 24.4. The monoisotopic (exact) mass is 604 g/mol. The van der Waals surface area contributed by atoms with E-state index in [2.05, 4.69) is 32.1 Å². The van der Waals surface area contributed by atoms with Gasteiger partial charge in [0.15, 0.2) is 5.75 Å². The number of nitrogens with zero attached hydrogens (tertiary/aromatic N) is 5. The molecule has 224 valence electrons. The lowest BCUT2D eigenvalue weighted by Gasteiger charge is -2.34. The highest BCUT2D eigenvalue weighted by molar-refractivity contribution is 6.32. The van der Waals surface area contributed by atoms with Crippen molar-refractivity contribution in [3.8, 4) is 23.0 Å². The number of nitrogens with one attached hydrogen (secondary N) is 1. The van der Waals surface area contributed by atoms with Gasteiger partial charge in [0.05, 0.1) is 37.7 Å². The second-order valence-electron chi connectivity index (χ2n) is 9.71. The third-order valence-corrected chi connectivity index (χ3v) is 7.31. The van der Waals surface area contributed by atoms with Gasteiger partial charge in [0.1, 0.15) is 23.1 Å². The molecule has 11 nitrogen and oxygen atoms in total. The number of hydrogen-bond donors (Lipinski definition) is 1. The van der Waals surface area contributed by atoms with Gasteiger partial charge in [-0.05, 0) is 43.4 Å². The van der Waals surface area contributed by atoms with Crippen LogP contribution in [0.1, 0.15) is 0 Å². The number of para-hydroxylation sites is 1. The molecule has 2 heterocycles. The molecule has 3 aromatic carbocycles. The van der Waals surface area contributed by atoms with Gasteiger partial charge < -0.3 is 34.1 Å². The lowest BCUT2D eigenvalue weighted by molar-refractivity contribution is 0.210. The number of carbonyl (C=O) groups is 1. The number of piperazine rings is 1. The van der Waals surface area contributed by atoms with E-state index in [1.54, 1.807) is 68.9 Å². The van der Waals surface area contributed by atoms with E-state index in [0.29, 0.717) is 17.2 Å². The smallest absolute Gasteiger partial charge is 0.425 e. The SMILES string of the molecule is COc1ccc(N(C(=O)Oc2ccccc2Cl)c2ccnc(Nc3ccc(N4CCN(C)CC4)c(OC)c3)n2)c(OC)c1. The Balaban J connectivity index is 1.47. The van der Waals surface area contributed by atoms with Crippen molar-refractivity contribution in [1.29, 1.82) is 0 Å². The number of rotatable bonds is 9. The minimum absolute atomic E-state index is 0.201. The molecule has 1 fully saturated rings. The summed E-state index contributed by atoms with van der Waals surface area (Å²) in [6.07, 6.45) is 0.797. The number of anilines is 5. The molecule has 1 amide bonds. The first kappa shape index (κ1) is 29.7. The first-order valence-corrected chi connectivity index (χ1v) is 14.0. The van der Waals surface area contributed by atoms with Crippen LogP contribution in [-0.4, -0.2) is 75.5 Å². The fraction of sp³-hybridized carbons (Fsp3) is 0.258. The van der Waals surface area contributed by atoms with Crippen molar-refractivity contribution in [1.82, 2.24) is 14.9 Å². The number of carbonyl (C=O) groups excluding carboxylic acids is 1. The van der Waals surface area contributed by atoms with Gasteiger partial charge in [-0.15, -0.1) is 0 Å². The Bertz CT molecular complexity index is 1580. The molecule has 4 aromatic rings. The average Bonchev–Trinajstić information content (AvgIpc) is 3.03. The lowest BCUT2D eigenvalue weighted by Crippen LogP contribution is -2.44. The second kappa shape index (κ2) is 13.5. The predicted octanol–water partition coefficient (Wildman–Crippen LogP) is 5.99. The normalized spacial score (nSPS) is 13.3. The van der Waals surface area contributed by atoms with Gasteiger partial charge in [-0.1, -0.05) is 23.7 Å². The van der Waals surface area contributed by atoms with Gasteiger partial charge >= 0.3 is 6.09 Å². The first-order valence-electron chi connectivity index (χ1n) is 13.6. The topological polar surface area (TPSA) is 102 Å². The van der Waals surface area contributed by atoms with Gasteiger partial charge in [-0.2, -0.15) is 4.98 Å². The van der Waals surface area contributed by atoms with Crippen LogP contribution < -0.4 is 34.1 Å². The number of aromatic nitrogens is 2. The maximum atomic E-state index is 13.7. The molecular weight excluding hydrogens is 572 g/mol. The number of ether oxygens (including phenoxy) is 4. The molecule has 1 aliphatic heterocycles. The molecule has 1 aliphatic rings. The number of halogens is 1. The number of hydrogen-bond acceptors (Lipinski definition) is 10. The molecule has 0 radical (unpaired) electrons. The average molecular weight is 605 g/mol. The fourth-order valence-corrected chi connectivity index (χ4v) is 4.85. The Kier molecular flexibility index (Phi) is 9.33. The van der Waals surface area contributed by atoms with Crippen LogP contribution in [-0.2, 0) is 0 Å². The number of amides is 1. The van der Waals surface area contributed by atoms with Crippen LogP contribution in [0.15, 0.2) is 72.9 Å². The molecule has 5 rings (SSSR count). The lowest BCUT2D eigenvalue weighted by atomic mass is 10.2. The van der Waals surface area contributed by atoms with Gasteiger partial charge in [0.2, 0.25) is 5.95 Å². The Morgan fingerprint density at radius 3 is 2.37 bits per heavy atom. The fourth-order valence-electron chi connectivity index (χ4n) is 4.68. The van der Waals surface area contributed by atoms with E-state index in [-0.39, 0.29) is 22.5 Å². The van der Waals surface area contributed by atoms with Gasteiger partial charge in [-0.3, -0.25) is 0 Å². The minimum Gasteiger partial charge on any atom is -0.497 e. The molecule has 1 saturated heterocycles. The highest BCUT2D eigenvalue weighted by Gasteiger charge is 2.27. The van der Waals surface area contributed by atoms with E-state index in [9.17, 15) is 4.79 Å². The van der Waals surface area contributed by atoms with Crippen molar-refractivity contribution in [2.24, 2.45) is 0 Å². The molecule has 0 unspecified atom stereocenters. The van der Waals surface area contributed by atoms with Gasteiger partial charge in [0, 0.05) is 56.3 Å². The standard InChI is InChI=1S/C31H33ClN6O5/c1-36-15-17-37(18-16-36)24-11-9-21(19-27(24)41-3)34-30-33-14-13-29(35-30)38(25-12-10-22(40-2)20-28(25)42-4)31(39)43-26-8-6-5-7-23(26)32/h5-14,19-20H,15-18H2,1-4H3,(H,33,34,35). The van der Waals surface area contributed by atoms with E-state index < -0.39 is 6.09 Å². The maximum absolute atomic E-state index is 13.7. The summed E-state index contributed by atoms with van der Waals surface area (Å²) < 4.78 is 22.4. The van der Waals surface area contributed by atoms with E-state index in [0.717, 1.165) is 43.3 Å². The van der Waals surface area contributed by atoms with Crippen molar-refractivity contribution in [3.05, 3.63) is 77.9 Å². The summed E-state index contributed by atoms with van der Waals surface area (Å²) in [5.74, 6) is 2.35. The summed E-state index contributed by atoms with van der Waals surface area (Å²) in [5, 5.41) is 3.52. The van der Waals surface area contributed by atoms with Crippen molar-refractivity contribution in [3.63, 3.8) is 0 Å². The summed E-state index contributed by atoms with van der Waals surface area (Å²) in [4.78, 5) is 28.6. The summed E-state index contributed by atoms with van der Waals surface area (Å²) in [5.41, 5.74) is 2.12. The molecule has 0 aliphatic carbocycles. The molecule has 0 atom stereocenters. The molecule has 12 heteroatoms. The quantitative estimate of drug-likeness (QED) is 0.245. The van der Waals surface area contributed by atoms with Gasteiger partial charge in [-0.25, -0.2) is 14.7 Å². The van der Waals surface area contributed by atoms with Crippen LogP contribution in [0, 0.1) is 0 Å². The molecule has 1 N–H and O–H groups in total. The van der Waals surface area contributed by atoms with Crippen molar-refractivity contribution >= 4 is 46.5 Å². The van der Waals surface area contributed by atoms with E-state index in [4.69, 9.17) is 30.5 Å². The largest absolute Gasteiger partial charge is 0.497 e. The maximum Gasteiger partial charge on any atom is 0.425 e. The predicted molar refractivity (Wildman–Crippen MR) is 167 cm³/mol. The summed E-state index contributed by atoms with van der Waals surface area (Å²) in [7, 11) is 6.83. The zero-order valence-corrected chi connectivity index (χ0v) is 25.2. The Labute approximate surface area is 255 Å². The molecule has 0 spiro atoms. The van der Waals surface area contributed by atoms with Crippen molar-refractivity contribution in [2.45, 2.75) is 0 Å². The van der Waals surface area contributed by atoms with E-state index >= 15 is 0 Å². The zero-order chi connectivity index (χ0) is 30.3. The summed E-state index contributed by atoms with van der Waals surface area (Å²) in [6.45, 7) is 3.80. The number of methoxy groups -OCH3 is 3. The van der Waals surface area contributed by atoms with Crippen molar-refractivity contribution in [2.75, 3.05) is 69.7 Å². The van der Waals surface area contributed by atoms with Gasteiger partial charge in [0.25, 0.3) is 0 Å². The highest BCUT2D eigenvalue weighted by Crippen LogP contribution is 2.38. The second-order valence-corrected chi connectivity index (χ2v) is 10.1. The molecule has 0 saturated carbocycles. The van der Waals surface area contributed by atoms with Crippen molar-refractivity contribution < 1.29 is 23.7 Å². The Hall–Kier alpha value is -4.74. The third-order valence-electron chi connectivity index (χ3n) is 6.99. The third kappa shape index (κ3) is 6.85. The molecule has 0 bridgehead atoms. The number of benzene rings is 3. The van der Waals surface area contributed by atoms with Crippen LogP contribution in [0.5, 0.6) is 23.0 Å². The molecule has 43 heavy (non-hydrogen) atoms. The first-order chi connectivity index (χ1) is 20.9.